The third-order valence-electron chi connectivity index (χ3n) is 0. The van der Waals surface area contributed by atoms with E-state index in [0.717, 1.165) is 0 Å². The van der Waals surface area contributed by atoms with Gasteiger partial charge in [-0.15, -0.1) is 10.1 Å². The summed E-state index contributed by atoms with van der Waals surface area (Å²) in [5.41, 5.74) is 0. The van der Waals surface area contributed by atoms with E-state index in [0.29, 0.717) is 0 Å². The maximum atomic E-state index is 8.36. The van der Waals surface area contributed by atoms with Gasteiger partial charge in [0, 0.05) is 17.4 Å². The van der Waals surface area contributed by atoms with Crippen molar-refractivity contribution in [2.24, 2.45) is 0 Å². The molecule has 1 N–H and O–H groups in total. The van der Waals surface area contributed by atoms with Gasteiger partial charge in [0.15, 0.2) is 0 Å². The minimum absolute atomic E-state index is 0. The Balaban J connectivity index is 0. The number of hydrogen-bond donors (Lipinski definition) is 1. The van der Waals surface area contributed by atoms with E-state index in [9.17, 15) is 0 Å². The maximum absolute atomic E-state index is 8.36. The van der Waals surface area contributed by atoms with Crippen LogP contribution < -0.4 is 0 Å². The van der Waals surface area contributed by atoms with E-state index < -0.39 is 5.09 Å². The molecular formula is HCrNO3. The predicted molar refractivity (Wildman–Crippen MR) is 8.78 cm³/mol. The largest absolute Gasteiger partial charge is 0.328 e. The standard InChI is InChI=1S/Cr.HNO3/c;2-1(3)4/h;(H,2,3,4). The first kappa shape index (κ1) is 8.83. The molecule has 0 aliphatic heterocycles. The second-order valence-corrected chi connectivity index (χ2v) is 0.238. The van der Waals surface area contributed by atoms with Crippen LogP contribution in [-0.2, 0) is 17.4 Å². The Morgan fingerprint density at radius 1 is 1.80 bits per heavy atom. The average molecular weight is 115 g/mol. The van der Waals surface area contributed by atoms with Crippen molar-refractivity contribution in [2.45, 2.75) is 0 Å². The van der Waals surface area contributed by atoms with E-state index in [4.69, 9.17) is 15.3 Å². The van der Waals surface area contributed by atoms with Crippen molar-refractivity contribution in [1.29, 1.82) is 0 Å². The van der Waals surface area contributed by atoms with Gasteiger partial charge in [0.05, 0.1) is 0 Å². The van der Waals surface area contributed by atoms with Crippen LogP contribution in [0.1, 0.15) is 0 Å². The molecule has 30 valence electrons. The molecule has 0 aromatic rings. The molecule has 0 aliphatic carbocycles. The Morgan fingerprint density at radius 2 is 1.80 bits per heavy atom. The Bertz CT molecular complexity index is 29.9. The summed E-state index contributed by atoms with van der Waals surface area (Å²) < 4.78 is 0. The van der Waals surface area contributed by atoms with Gasteiger partial charge in [0.1, 0.15) is 0 Å². The summed E-state index contributed by atoms with van der Waals surface area (Å²) in [6, 6.07) is 0. The quantitative estimate of drug-likeness (QED) is 0.346. The van der Waals surface area contributed by atoms with E-state index in [1.54, 1.807) is 0 Å². The van der Waals surface area contributed by atoms with Gasteiger partial charge in [-0.3, -0.25) is 0 Å². The third-order valence-corrected chi connectivity index (χ3v) is 0. The fourth-order valence-electron chi connectivity index (χ4n) is 0. The molecule has 0 fully saturated rings. The van der Waals surface area contributed by atoms with Crippen LogP contribution in [0, 0.1) is 10.1 Å². The van der Waals surface area contributed by atoms with Crippen LogP contribution >= 0.6 is 0 Å². The molecule has 0 bridgehead atoms. The normalized spacial score (nSPS) is 4.80. The SMILES string of the molecule is O=[N+]([O-])O.[Cr]. The molecule has 0 unspecified atom stereocenters. The predicted octanol–water partition coefficient (Wildman–Crippen LogP) is -0.350. The first-order chi connectivity index (χ1) is 1.73. The number of rotatable bonds is 0. The van der Waals surface area contributed by atoms with E-state index >= 15 is 0 Å². The van der Waals surface area contributed by atoms with Crippen molar-refractivity contribution in [1.82, 2.24) is 0 Å². The van der Waals surface area contributed by atoms with Gasteiger partial charge in [-0.1, -0.05) is 0 Å². The van der Waals surface area contributed by atoms with Crippen molar-refractivity contribution in [3.05, 3.63) is 10.1 Å². The number of hydrogen-bond acceptors (Lipinski definition) is 2. The Kier molecular flexibility index (Phi) is 6.59. The van der Waals surface area contributed by atoms with E-state index in [-0.39, 0.29) is 17.4 Å². The zero-order valence-electron chi connectivity index (χ0n) is 2.12. The fraction of sp³-hybridized carbons (Fsp3) is 0. The van der Waals surface area contributed by atoms with Crippen molar-refractivity contribution < 1.29 is 27.7 Å². The zero-order chi connectivity index (χ0) is 3.58. The zero-order valence-corrected chi connectivity index (χ0v) is 3.39. The minimum atomic E-state index is -1.50. The molecule has 0 aliphatic rings. The van der Waals surface area contributed by atoms with E-state index in [1.807, 2.05) is 0 Å². The van der Waals surface area contributed by atoms with Crippen LogP contribution in [0.2, 0.25) is 0 Å². The van der Waals surface area contributed by atoms with Crippen molar-refractivity contribution in [3.63, 3.8) is 0 Å². The molecular weight excluding hydrogens is 114 g/mol. The monoisotopic (exact) mass is 115 g/mol. The minimum Gasteiger partial charge on any atom is -0.328 e. The van der Waals surface area contributed by atoms with Crippen molar-refractivity contribution in [2.75, 3.05) is 0 Å². The Hall–Kier alpha value is -0.268. The molecule has 5 heavy (non-hydrogen) atoms. The molecule has 0 radical (unpaired) electrons. The van der Waals surface area contributed by atoms with E-state index in [1.165, 1.54) is 0 Å². The molecule has 0 spiro atoms. The van der Waals surface area contributed by atoms with Crippen LogP contribution in [0.25, 0.3) is 0 Å². The van der Waals surface area contributed by atoms with Crippen LogP contribution in [0.15, 0.2) is 0 Å². The smallest absolute Gasteiger partial charge is 0.291 e. The third kappa shape index (κ3) is 157. The molecule has 0 atom stereocenters. The van der Waals surface area contributed by atoms with Gasteiger partial charge in [-0.25, -0.2) is 0 Å². The molecule has 0 aromatic heterocycles. The number of nitrogens with zero attached hydrogens (tertiary/aromatic N) is 1. The molecule has 0 aromatic carbocycles. The molecule has 4 nitrogen and oxygen atoms in total. The van der Waals surface area contributed by atoms with E-state index in [2.05, 4.69) is 0 Å². The van der Waals surface area contributed by atoms with Crippen LogP contribution in [-0.4, -0.2) is 10.3 Å². The topological polar surface area (TPSA) is 63.4 Å². The van der Waals surface area contributed by atoms with Crippen LogP contribution in [0.4, 0.5) is 0 Å². The van der Waals surface area contributed by atoms with Gasteiger partial charge in [0.2, 0.25) is 0 Å². The molecule has 0 saturated carbocycles. The summed E-state index contributed by atoms with van der Waals surface area (Å²) >= 11 is 0. The van der Waals surface area contributed by atoms with Gasteiger partial charge in [-0.2, -0.15) is 0 Å². The summed E-state index contributed by atoms with van der Waals surface area (Å²) in [4.78, 5) is 8.36. The average Bonchev–Trinajstić information content (AvgIpc) is 0.811. The second-order valence-electron chi connectivity index (χ2n) is 0.238. The van der Waals surface area contributed by atoms with Gasteiger partial charge in [-0.05, 0) is 0 Å². The van der Waals surface area contributed by atoms with Crippen molar-refractivity contribution in [3.8, 4) is 0 Å². The van der Waals surface area contributed by atoms with Gasteiger partial charge in [0.25, 0.3) is 5.09 Å². The molecule has 0 amide bonds. The first-order valence-corrected chi connectivity index (χ1v) is 0.565. The Morgan fingerprint density at radius 3 is 1.80 bits per heavy atom. The van der Waals surface area contributed by atoms with Crippen LogP contribution in [0.3, 0.4) is 0 Å². The van der Waals surface area contributed by atoms with Gasteiger partial charge >= 0.3 is 0 Å². The summed E-state index contributed by atoms with van der Waals surface area (Å²) in [6.45, 7) is 0. The summed E-state index contributed by atoms with van der Waals surface area (Å²) in [7, 11) is 0. The molecule has 0 rings (SSSR count). The van der Waals surface area contributed by atoms with Crippen LogP contribution in [0.5, 0.6) is 0 Å². The maximum Gasteiger partial charge on any atom is 0.291 e. The summed E-state index contributed by atoms with van der Waals surface area (Å²) in [5.74, 6) is 0. The van der Waals surface area contributed by atoms with Gasteiger partial charge < -0.3 is 5.21 Å². The molecule has 0 saturated heterocycles. The molecule has 0 heterocycles. The Labute approximate surface area is 38.6 Å². The summed E-state index contributed by atoms with van der Waals surface area (Å²) in [6.07, 6.45) is 0. The fourth-order valence-corrected chi connectivity index (χ4v) is 0. The molecule has 5 heteroatoms. The van der Waals surface area contributed by atoms with Crippen molar-refractivity contribution >= 4 is 0 Å². The first-order valence-electron chi connectivity index (χ1n) is 0.565. The summed E-state index contributed by atoms with van der Waals surface area (Å²) in [5, 5.41) is 13.6. The second kappa shape index (κ2) is 3.73.